The molecule has 7 rings (SSSR count). The summed E-state index contributed by atoms with van der Waals surface area (Å²) in [5.74, 6) is 0.960. The van der Waals surface area contributed by atoms with E-state index in [4.69, 9.17) is 30.0 Å². The predicted molar refractivity (Wildman–Crippen MR) is 162 cm³/mol. The highest BCUT2D eigenvalue weighted by atomic mass is 16.5. The lowest BCUT2D eigenvalue weighted by Gasteiger charge is -2.38. The minimum absolute atomic E-state index is 0.258. The van der Waals surface area contributed by atoms with Gasteiger partial charge in [0, 0.05) is 30.4 Å². The Hall–Kier alpha value is -4.73. The van der Waals surface area contributed by atoms with Crippen LogP contribution in [0.2, 0.25) is 0 Å². The van der Waals surface area contributed by atoms with Gasteiger partial charge in [-0.15, -0.1) is 0 Å². The van der Waals surface area contributed by atoms with Gasteiger partial charge in [0.05, 0.1) is 44.2 Å². The lowest BCUT2D eigenvalue weighted by Crippen LogP contribution is -2.45. The Bertz CT molecular complexity index is 1790. The number of hydrogen-bond acceptors (Lipinski definition) is 11. The Morgan fingerprint density at radius 1 is 1.07 bits per heavy atom. The molecule has 0 amide bonds. The number of anilines is 3. The Kier molecular flexibility index (Phi) is 7.26. The van der Waals surface area contributed by atoms with Crippen LogP contribution in [0.1, 0.15) is 37.3 Å². The van der Waals surface area contributed by atoms with E-state index in [1.165, 1.54) is 6.33 Å². The highest BCUT2D eigenvalue weighted by Crippen LogP contribution is 2.38. The molecule has 1 saturated carbocycles. The quantitative estimate of drug-likeness (QED) is 0.272. The number of methoxy groups -OCH3 is 1. The molecule has 0 atom stereocenters. The maximum Gasteiger partial charge on any atom is 0.300 e. The average molecular weight is 580 g/mol. The minimum Gasteiger partial charge on any atom is -0.493 e. The van der Waals surface area contributed by atoms with E-state index >= 15 is 0 Å². The summed E-state index contributed by atoms with van der Waals surface area (Å²) in [5, 5.41) is 18.2. The van der Waals surface area contributed by atoms with Crippen LogP contribution < -0.4 is 15.8 Å². The van der Waals surface area contributed by atoms with Crippen LogP contribution in [0.4, 0.5) is 17.5 Å². The van der Waals surface area contributed by atoms with E-state index in [-0.39, 0.29) is 12.5 Å². The molecule has 0 bridgehead atoms. The summed E-state index contributed by atoms with van der Waals surface area (Å²) in [4.78, 5) is 16.0. The fraction of sp³-hybridized carbons (Fsp3) is 0.387. The molecule has 0 unspecified atom stereocenters. The van der Waals surface area contributed by atoms with Crippen LogP contribution in [0, 0.1) is 11.3 Å². The molecule has 43 heavy (non-hydrogen) atoms. The molecule has 3 N–H and O–H groups in total. The first-order valence-electron chi connectivity index (χ1n) is 14.6. The zero-order chi connectivity index (χ0) is 29.3. The molecule has 220 valence electrons. The third-order valence-corrected chi connectivity index (χ3v) is 8.52. The number of nitrogens with zero attached hydrogens (tertiary/aromatic N) is 7. The van der Waals surface area contributed by atoms with Crippen molar-refractivity contribution >= 4 is 39.7 Å². The number of morpholine rings is 1. The van der Waals surface area contributed by atoms with E-state index in [9.17, 15) is 0 Å². The SMILES string of the molecule is COc1cc(CC#N)cc2nc(Nc3ccc(-c4nn(C5CCC(N6CCOCC6)CC5)c5ncnc(N)c45)cc3)oc12. The summed E-state index contributed by atoms with van der Waals surface area (Å²) in [6, 6.07) is 14.8. The smallest absolute Gasteiger partial charge is 0.300 e. The van der Waals surface area contributed by atoms with E-state index in [2.05, 4.69) is 35.9 Å². The third kappa shape index (κ3) is 5.22. The minimum atomic E-state index is 0.258. The summed E-state index contributed by atoms with van der Waals surface area (Å²) in [5.41, 5.74) is 11.6. The molecule has 2 fully saturated rings. The molecule has 5 aromatic rings. The number of nitrogens with one attached hydrogen (secondary N) is 1. The zero-order valence-corrected chi connectivity index (χ0v) is 24.0. The second-order valence-electron chi connectivity index (χ2n) is 11.1. The topological polar surface area (TPSA) is 153 Å². The van der Waals surface area contributed by atoms with E-state index in [0.717, 1.165) is 85.5 Å². The predicted octanol–water partition coefficient (Wildman–Crippen LogP) is 4.85. The van der Waals surface area contributed by atoms with Crippen LogP contribution in [0.15, 0.2) is 47.1 Å². The number of oxazole rings is 1. The van der Waals surface area contributed by atoms with Gasteiger partial charge in [-0.3, -0.25) is 4.90 Å². The third-order valence-electron chi connectivity index (χ3n) is 8.52. The van der Waals surface area contributed by atoms with Gasteiger partial charge in [-0.25, -0.2) is 14.6 Å². The van der Waals surface area contributed by atoms with Crippen LogP contribution in [0.25, 0.3) is 33.4 Å². The zero-order valence-electron chi connectivity index (χ0n) is 24.0. The number of ether oxygens (including phenoxy) is 2. The largest absolute Gasteiger partial charge is 0.493 e. The number of rotatable bonds is 7. The van der Waals surface area contributed by atoms with Crippen molar-refractivity contribution < 1.29 is 13.9 Å². The van der Waals surface area contributed by atoms with Crippen LogP contribution in [-0.2, 0) is 11.2 Å². The molecular weight excluding hydrogens is 546 g/mol. The maximum absolute atomic E-state index is 9.08. The van der Waals surface area contributed by atoms with Gasteiger partial charge >= 0.3 is 0 Å². The van der Waals surface area contributed by atoms with Crippen molar-refractivity contribution in [1.29, 1.82) is 5.26 Å². The van der Waals surface area contributed by atoms with E-state index in [1.807, 2.05) is 30.3 Å². The van der Waals surface area contributed by atoms with E-state index < -0.39 is 0 Å². The molecule has 0 radical (unpaired) electrons. The summed E-state index contributed by atoms with van der Waals surface area (Å²) in [6.07, 6.45) is 6.12. The van der Waals surface area contributed by atoms with Crippen molar-refractivity contribution in [1.82, 2.24) is 29.6 Å². The first kappa shape index (κ1) is 27.1. The van der Waals surface area contributed by atoms with Crippen LogP contribution in [-0.4, -0.2) is 69.1 Å². The van der Waals surface area contributed by atoms with Gasteiger partial charge in [-0.2, -0.15) is 15.3 Å². The molecule has 12 heteroatoms. The molecule has 0 spiro atoms. The van der Waals surface area contributed by atoms with Crippen LogP contribution in [0.3, 0.4) is 0 Å². The number of hydrogen-bond donors (Lipinski definition) is 2. The number of fused-ring (bicyclic) bond motifs is 2. The van der Waals surface area contributed by atoms with Gasteiger partial charge in [-0.05, 0) is 55.5 Å². The van der Waals surface area contributed by atoms with Gasteiger partial charge in [-0.1, -0.05) is 12.1 Å². The fourth-order valence-electron chi connectivity index (χ4n) is 6.35. The summed E-state index contributed by atoms with van der Waals surface area (Å²) < 4.78 is 19.0. The molecule has 1 saturated heterocycles. The number of benzene rings is 2. The summed E-state index contributed by atoms with van der Waals surface area (Å²) in [6.45, 7) is 3.68. The lowest BCUT2D eigenvalue weighted by atomic mass is 9.90. The second kappa shape index (κ2) is 11.5. The van der Waals surface area contributed by atoms with Crippen molar-refractivity contribution in [2.24, 2.45) is 0 Å². The van der Waals surface area contributed by atoms with Crippen molar-refractivity contribution in [2.45, 2.75) is 44.2 Å². The van der Waals surface area contributed by atoms with E-state index in [1.54, 1.807) is 13.2 Å². The molecule has 4 heterocycles. The molecular formula is C31H33N9O3. The van der Waals surface area contributed by atoms with Gasteiger partial charge in [0.1, 0.15) is 23.4 Å². The second-order valence-corrected chi connectivity index (χ2v) is 11.1. The van der Waals surface area contributed by atoms with Gasteiger partial charge in [0.25, 0.3) is 6.01 Å². The number of nitriles is 1. The molecule has 1 aliphatic carbocycles. The summed E-state index contributed by atoms with van der Waals surface area (Å²) in [7, 11) is 1.57. The normalized spacial score (nSPS) is 19.4. The van der Waals surface area contributed by atoms with Crippen molar-refractivity contribution in [3.05, 3.63) is 48.3 Å². The number of nitrogens with two attached hydrogens (primary N) is 1. The number of aromatic nitrogens is 5. The molecule has 3 aromatic heterocycles. The first-order valence-corrected chi connectivity index (χ1v) is 14.6. The molecule has 12 nitrogen and oxygen atoms in total. The standard InChI is InChI=1S/C31H33N9O3/c1-41-25-17-19(10-11-32)16-24-28(25)43-31(37-24)36-21-4-2-20(3-5-21)27-26-29(33)34-18-35-30(26)40(38-27)23-8-6-22(7-9-23)39-12-14-42-15-13-39/h2-5,16-18,22-23H,6-10,12-15H2,1H3,(H,36,37)(H2,33,34,35). The Morgan fingerprint density at radius 2 is 1.84 bits per heavy atom. The average Bonchev–Trinajstić information content (AvgIpc) is 3.64. The lowest BCUT2D eigenvalue weighted by molar-refractivity contribution is 0.00520. The van der Waals surface area contributed by atoms with Crippen molar-refractivity contribution in [3.8, 4) is 23.1 Å². The van der Waals surface area contributed by atoms with Crippen LogP contribution in [0.5, 0.6) is 5.75 Å². The Morgan fingerprint density at radius 3 is 2.58 bits per heavy atom. The first-order chi connectivity index (χ1) is 21.1. The van der Waals surface area contributed by atoms with Crippen molar-refractivity contribution in [3.63, 3.8) is 0 Å². The Balaban J connectivity index is 1.13. The monoisotopic (exact) mass is 579 g/mol. The van der Waals surface area contributed by atoms with E-state index in [0.29, 0.717) is 34.7 Å². The molecule has 2 aromatic carbocycles. The molecule has 2 aliphatic rings. The summed E-state index contributed by atoms with van der Waals surface area (Å²) >= 11 is 0. The number of nitrogen functional groups attached to an aromatic ring is 1. The maximum atomic E-state index is 9.08. The van der Waals surface area contributed by atoms with Crippen molar-refractivity contribution in [2.75, 3.05) is 44.5 Å². The van der Waals surface area contributed by atoms with Gasteiger partial charge in [0.2, 0.25) is 0 Å². The highest BCUT2D eigenvalue weighted by Gasteiger charge is 2.30. The van der Waals surface area contributed by atoms with Gasteiger partial charge < -0.3 is 24.9 Å². The fourth-order valence-corrected chi connectivity index (χ4v) is 6.35. The van der Waals surface area contributed by atoms with Gasteiger partial charge in [0.15, 0.2) is 17.0 Å². The van der Waals surface area contributed by atoms with Crippen LogP contribution >= 0.6 is 0 Å². The highest BCUT2D eigenvalue weighted by molar-refractivity contribution is 5.98. The molecule has 1 aliphatic heterocycles. The Labute approximate surface area is 248 Å².